The van der Waals surface area contributed by atoms with Crippen molar-refractivity contribution in [3.8, 4) is 0 Å². The predicted octanol–water partition coefficient (Wildman–Crippen LogP) is 3.40. The SMILES string of the molecule is Cc1cc(C(=O)N(CCC(C)C)C2CCCC2)cc(N)n1. The average molecular weight is 289 g/mol. The summed E-state index contributed by atoms with van der Waals surface area (Å²) in [6, 6.07) is 3.94. The van der Waals surface area contributed by atoms with Crippen molar-refractivity contribution in [1.82, 2.24) is 9.88 Å². The van der Waals surface area contributed by atoms with Crippen LogP contribution in [0.25, 0.3) is 0 Å². The lowest BCUT2D eigenvalue weighted by atomic mass is 10.1. The summed E-state index contributed by atoms with van der Waals surface area (Å²) in [5.74, 6) is 1.14. The Balaban J connectivity index is 2.19. The van der Waals surface area contributed by atoms with E-state index in [1.807, 2.05) is 13.0 Å². The third kappa shape index (κ3) is 4.19. The van der Waals surface area contributed by atoms with Gasteiger partial charge in [-0.15, -0.1) is 0 Å². The first kappa shape index (κ1) is 15.8. The number of anilines is 1. The van der Waals surface area contributed by atoms with E-state index in [-0.39, 0.29) is 5.91 Å². The summed E-state index contributed by atoms with van der Waals surface area (Å²) >= 11 is 0. The van der Waals surface area contributed by atoms with Gasteiger partial charge in [0.15, 0.2) is 0 Å². The van der Waals surface area contributed by atoms with Crippen LogP contribution >= 0.6 is 0 Å². The van der Waals surface area contributed by atoms with Crippen molar-refractivity contribution in [2.75, 3.05) is 12.3 Å². The topological polar surface area (TPSA) is 59.2 Å². The molecular weight excluding hydrogens is 262 g/mol. The minimum absolute atomic E-state index is 0.111. The monoisotopic (exact) mass is 289 g/mol. The Kier molecular flexibility index (Phi) is 5.21. The zero-order chi connectivity index (χ0) is 15.4. The van der Waals surface area contributed by atoms with Gasteiger partial charge in [0.05, 0.1) is 0 Å². The van der Waals surface area contributed by atoms with Crippen LogP contribution in [-0.2, 0) is 0 Å². The number of hydrogen-bond acceptors (Lipinski definition) is 3. The Bertz CT molecular complexity index is 473. The summed E-state index contributed by atoms with van der Waals surface area (Å²) in [6.07, 6.45) is 5.76. The van der Waals surface area contributed by atoms with Gasteiger partial charge in [-0.3, -0.25) is 4.79 Å². The quantitative estimate of drug-likeness (QED) is 0.903. The van der Waals surface area contributed by atoms with E-state index in [1.165, 1.54) is 12.8 Å². The van der Waals surface area contributed by atoms with Crippen LogP contribution in [0.4, 0.5) is 5.82 Å². The molecular formula is C17H27N3O. The maximum Gasteiger partial charge on any atom is 0.254 e. The Hall–Kier alpha value is -1.58. The van der Waals surface area contributed by atoms with Gasteiger partial charge in [-0.2, -0.15) is 0 Å². The summed E-state index contributed by atoms with van der Waals surface area (Å²) in [4.78, 5) is 19.1. The molecule has 0 aliphatic heterocycles. The van der Waals surface area contributed by atoms with Crippen LogP contribution in [0.1, 0.15) is 62.0 Å². The lowest BCUT2D eigenvalue weighted by Gasteiger charge is -2.30. The minimum Gasteiger partial charge on any atom is -0.384 e. The largest absolute Gasteiger partial charge is 0.384 e. The van der Waals surface area contributed by atoms with Crippen molar-refractivity contribution in [2.24, 2.45) is 5.92 Å². The molecule has 1 amide bonds. The smallest absolute Gasteiger partial charge is 0.254 e. The second-order valence-electron chi connectivity index (χ2n) is 6.54. The third-order valence-corrected chi connectivity index (χ3v) is 4.19. The maximum atomic E-state index is 12.9. The number of nitrogen functional groups attached to an aromatic ring is 1. The third-order valence-electron chi connectivity index (χ3n) is 4.19. The molecule has 2 N–H and O–H groups in total. The van der Waals surface area contributed by atoms with E-state index in [0.29, 0.717) is 23.3 Å². The Morgan fingerprint density at radius 3 is 2.62 bits per heavy atom. The van der Waals surface area contributed by atoms with Gasteiger partial charge in [0.25, 0.3) is 5.91 Å². The molecule has 1 aromatic heterocycles. The normalized spacial score (nSPS) is 15.6. The molecule has 0 unspecified atom stereocenters. The van der Waals surface area contributed by atoms with Crippen LogP contribution in [-0.4, -0.2) is 28.4 Å². The molecule has 4 heteroatoms. The first-order valence-electron chi connectivity index (χ1n) is 8.02. The molecule has 0 atom stereocenters. The van der Waals surface area contributed by atoms with Crippen molar-refractivity contribution in [2.45, 2.75) is 58.9 Å². The molecule has 1 aliphatic rings. The van der Waals surface area contributed by atoms with Crippen LogP contribution < -0.4 is 5.73 Å². The first-order chi connectivity index (χ1) is 9.97. The molecule has 0 aromatic carbocycles. The number of carbonyl (C=O) groups is 1. The number of aromatic nitrogens is 1. The Labute approximate surface area is 127 Å². The second-order valence-corrected chi connectivity index (χ2v) is 6.54. The number of carbonyl (C=O) groups excluding carboxylic acids is 1. The number of amides is 1. The van der Waals surface area contributed by atoms with E-state index < -0.39 is 0 Å². The van der Waals surface area contributed by atoms with Crippen LogP contribution in [0.3, 0.4) is 0 Å². The molecule has 0 spiro atoms. The number of nitrogens with zero attached hydrogens (tertiary/aromatic N) is 2. The molecule has 0 bridgehead atoms. The zero-order valence-corrected chi connectivity index (χ0v) is 13.4. The molecule has 0 saturated heterocycles. The van der Waals surface area contributed by atoms with Gasteiger partial charge in [-0.1, -0.05) is 26.7 Å². The number of rotatable bonds is 5. The van der Waals surface area contributed by atoms with E-state index in [9.17, 15) is 4.79 Å². The van der Waals surface area contributed by atoms with Crippen molar-refractivity contribution in [3.05, 3.63) is 23.4 Å². The summed E-state index contributed by atoms with van der Waals surface area (Å²) < 4.78 is 0. The average Bonchev–Trinajstić information content (AvgIpc) is 2.91. The highest BCUT2D eigenvalue weighted by atomic mass is 16.2. The standard InChI is InChI=1S/C17H27N3O/c1-12(2)8-9-20(15-6-4-5-7-15)17(21)14-10-13(3)19-16(18)11-14/h10-12,15H,4-9H2,1-3H3,(H2,18,19). The van der Waals surface area contributed by atoms with Crippen LogP contribution in [0.15, 0.2) is 12.1 Å². The first-order valence-corrected chi connectivity index (χ1v) is 8.02. The molecule has 2 rings (SSSR count). The van der Waals surface area contributed by atoms with Gasteiger partial charge in [-0.25, -0.2) is 4.98 Å². The molecule has 1 heterocycles. The summed E-state index contributed by atoms with van der Waals surface area (Å²) in [6.45, 7) is 7.11. The fraction of sp³-hybridized carbons (Fsp3) is 0.647. The molecule has 1 fully saturated rings. The lowest BCUT2D eigenvalue weighted by Crippen LogP contribution is -2.40. The van der Waals surface area contributed by atoms with Crippen LogP contribution in [0.2, 0.25) is 0 Å². The summed E-state index contributed by atoms with van der Waals surface area (Å²) in [5, 5.41) is 0. The zero-order valence-electron chi connectivity index (χ0n) is 13.4. The Morgan fingerprint density at radius 2 is 2.05 bits per heavy atom. The van der Waals surface area contributed by atoms with Gasteiger partial charge in [0.2, 0.25) is 0 Å². The molecule has 1 aliphatic carbocycles. The molecule has 4 nitrogen and oxygen atoms in total. The van der Waals surface area contributed by atoms with E-state index in [0.717, 1.165) is 31.5 Å². The Morgan fingerprint density at radius 1 is 1.38 bits per heavy atom. The van der Waals surface area contributed by atoms with Crippen LogP contribution in [0.5, 0.6) is 0 Å². The number of pyridine rings is 1. The summed E-state index contributed by atoms with van der Waals surface area (Å²) in [5.41, 5.74) is 7.27. The van der Waals surface area contributed by atoms with Gasteiger partial charge in [-0.05, 0) is 44.2 Å². The van der Waals surface area contributed by atoms with Crippen LogP contribution in [0, 0.1) is 12.8 Å². The predicted molar refractivity (Wildman–Crippen MR) is 86.1 cm³/mol. The molecule has 1 aromatic rings. The number of aryl methyl sites for hydroxylation is 1. The number of hydrogen-bond donors (Lipinski definition) is 1. The van der Waals surface area contributed by atoms with Crippen molar-refractivity contribution >= 4 is 11.7 Å². The fourth-order valence-electron chi connectivity index (χ4n) is 3.05. The van der Waals surface area contributed by atoms with E-state index in [1.54, 1.807) is 6.07 Å². The highest BCUT2D eigenvalue weighted by molar-refractivity contribution is 5.95. The van der Waals surface area contributed by atoms with E-state index in [4.69, 9.17) is 5.73 Å². The summed E-state index contributed by atoms with van der Waals surface area (Å²) in [7, 11) is 0. The molecule has 116 valence electrons. The molecule has 21 heavy (non-hydrogen) atoms. The highest BCUT2D eigenvalue weighted by Gasteiger charge is 2.27. The van der Waals surface area contributed by atoms with E-state index >= 15 is 0 Å². The lowest BCUT2D eigenvalue weighted by molar-refractivity contribution is 0.0671. The van der Waals surface area contributed by atoms with Gasteiger partial charge < -0.3 is 10.6 Å². The van der Waals surface area contributed by atoms with Crippen molar-refractivity contribution in [1.29, 1.82) is 0 Å². The van der Waals surface area contributed by atoms with Gasteiger partial charge in [0, 0.05) is 23.8 Å². The highest BCUT2D eigenvalue weighted by Crippen LogP contribution is 2.26. The number of nitrogens with two attached hydrogens (primary N) is 1. The minimum atomic E-state index is 0.111. The molecule has 0 radical (unpaired) electrons. The molecule has 1 saturated carbocycles. The fourth-order valence-corrected chi connectivity index (χ4v) is 3.05. The maximum absolute atomic E-state index is 12.9. The van der Waals surface area contributed by atoms with E-state index in [2.05, 4.69) is 23.7 Å². The van der Waals surface area contributed by atoms with Gasteiger partial charge in [0.1, 0.15) is 5.82 Å². The van der Waals surface area contributed by atoms with Crippen molar-refractivity contribution in [3.63, 3.8) is 0 Å². The van der Waals surface area contributed by atoms with Gasteiger partial charge >= 0.3 is 0 Å². The second kappa shape index (κ2) is 6.92. The van der Waals surface area contributed by atoms with Crippen molar-refractivity contribution < 1.29 is 4.79 Å².